The average molecular weight is 391 g/mol. The van der Waals surface area contributed by atoms with Gasteiger partial charge in [-0.05, 0) is 35.9 Å². The van der Waals surface area contributed by atoms with Crippen LogP contribution in [0.5, 0.6) is 0 Å². The van der Waals surface area contributed by atoms with Gasteiger partial charge in [-0.15, -0.1) is 0 Å². The maximum atomic E-state index is 13.0. The summed E-state index contributed by atoms with van der Waals surface area (Å²) in [6.45, 7) is 1.90. The van der Waals surface area contributed by atoms with E-state index < -0.39 is 6.04 Å². The van der Waals surface area contributed by atoms with E-state index in [2.05, 4.69) is 0 Å². The lowest BCUT2D eigenvalue weighted by atomic mass is 10.0. The van der Waals surface area contributed by atoms with Gasteiger partial charge in [0.2, 0.25) is 0 Å². The first kappa shape index (κ1) is 19.3. The number of carbonyl (C=O) groups excluding carboxylic acids is 2. The highest BCUT2D eigenvalue weighted by Gasteiger charge is 2.33. The van der Waals surface area contributed by atoms with Gasteiger partial charge >= 0.3 is 5.97 Å². The minimum Gasteiger partial charge on any atom is -0.468 e. The molecular weight excluding hydrogens is 371 g/mol. The molecule has 3 rings (SSSR count). The fourth-order valence-electron chi connectivity index (χ4n) is 3.24. The Labute approximate surface area is 162 Å². The van der Waals surface area contributed by atoms with Crippen LogP contribution in [0.4, 0.5) is 4.39 Å². The molecule has 0 unspecified atom stereocenters. The van der Waals surface area contributed by atoms with Crippen LogP contribution in [-0.2, 0) is 9.53 Å². The van der Waals surface area contributed by atoms with E-state index >= 15 is 0 Å². The standard InChI is InChI=1S/C20H20ClFN2O3/c1-27-20(26)18(16-4-2-3-5-17(16)21)23-10-12-24(13-11-23)19(25)14-6-8-15(22)9-7-14/h2-9,18H,10-13H2,1H3/t18-/m0/s1. The molecule has 5 nitrogen and oxygen atoms in total. The van der Waals surface area contributed by atoms with Gasteiger partial charge in [-0.3, -0.25) is 9.69 Å². The predicted molar refractivity (Wildman–Crippen MR) is 100 cm³/mol. The highest BCUT2D eigenvalue weighted by Crippen LogP contribution is 2.29. The zero-order chi connectivity index (χ0) is 19.4. The Morgan fingerprint density at radius 3 is 2.26 bits per heavy atom. The molecule has 0 radical (unpaired) electrons. The lowest BCUT2D eigenvalue weighted by molar-refractivity contribution is -0.148. The summed E-state index contributed by atoms with van der Waals surface area (Å²) in [6, 6.07) is 12.1. The van der Waals surface area contributed by atoms with Crippen molar-refractivity contribution in [2.75, 3.05) is 33.3 Å². The van der Waals surface area contributed by atoms with Crippen molar-refractivity contribution in [2.24, 2.45) is 0 Å². The highest BCUT2D eigenvalue weighted by molar-refractivity contribution is 6.31. The molecule has 27 heavy (non-hydrogen) atoms. The Balaban J connectivity index is 1.72. The summed E-state index contributed by atoms with van der Waals surface area (Å²) >= 11 is 6.28. The van der Waals surface area contributed by atoms with Gasteiger partial charge in [0.15, 0.2) is 0 Å². The summed E-state index contributed by atoms with van der Waals surface area (Å²) in [5, 5.41) is 0.498. The third-order valence-electron chi connectivity index (χ3n) is 4.68. The summed E-state index contributed by atoms with van der Waals surface area (Å²) in [7, 11) is 1.35. The Kier molecular flexibility index (Phi) is 6.08. The van der Waals surface area contributed by atoms with Crippen molar-refractivity contribution in [3.8, 4) is 0 Å². The molecule has 0 bridgehead atoms. The van der Waals surface area contributed by atoms with E-state index in [-0.39, 0.29) is 17.7 Å². The molecule has 2 aromatic rings. The second-order valence-corrected chi connectivity index (χ2v) is 6.69. The van der Waals surface area contributed by atoms with Gasteiger partial charge in [-0.1, -0.05) is 29.8 Å². The molecule has 0 aromatic heterocycles. The van der Waals surface area contributed by atoms with Crippen molar-refractivity contribution in [1.82, 2.24) is 9.80 Å². The molecule has 0 aliphatic carbocycles. The molecular formula is C20H20ClFN2O3. The highest BCUT2D eigenvalue weighted by atomic mass is 35.5. The fraction of sp³-hybridized carbons (Fsp3) is 0.300. The number of piperazine rings is 1. The van der Waals surface area contributed by atoms with Crippen LogP contribution in [0.1, 0.15) is 22.0 Å². The number of hydrogen-bond acceptors (Lipinski definition) is 4. The molecule has 1 fully saturated rings. The number of nitrogens with zero attached hydrogens (tertiary/aromatic N) is 2. The summed E-state index contributed by atoms with van der Waals surface area (Å²) in [4.78, 5) is 28.6. The first-order valence-corrected chi connectivity index (χ1v) is 9.00. The Hall–Kier alpha value is -2.44. The first-order chi connectivity index (χ1) is 13.0. The van der Waals surface area contributed by atoms with Crippen LogP contribution in [0.2, 0.25) is 5.02 Å². The van der Waals surface area contributed by atoms with Crippen LogP contribution >= 0.6 is 11.6 Å². The minimum atomic E-state index is -0.619. The van der Waals surface area contributed by atoms with E-state index in [0.29, 0.717) is 42.3 Å². The zero-order valence-electron chi connectivity index (χ0n) is 14.9. The lowest BCUT2D eigenvalue weighted by Gasteiger charge is -2.38. The molecule has 1 aliphatic rings. The van der Waals surface area contributed by atoms with Crippen LogP contribution in [0.3, 0.4) is 0 Å². The lowest BCUT2D eigenvalue weighted by Crippen LogP contribution is -2.51. The monoisotopic (exact) mass is 390 g/mol. The van der Waals surface area contributed by atoms with Crippen molar-refractivity contribution in [1.29, 1.82) is 0 Å². The van der Waals surface area contributed by atoms with Crippen LogP contribution < -0.4 is 0 Å². The van der Waals surface area contributed by atoms with Crippen molar-refractivity contribution in [3.63, 3.8) is 0 Å². The van der Waals surface area contributed by atoms with Gasteiger partial charge in [0.1, 0.15) is 11.9 Å². The number of esters is 1. The molecule has 1 aliphatic heterocycles. The number of rotatable bonds is 4. The van der Waals surface area contributed by atoms with Gasteiger partial charge in [0.05, 0.1) is 7.11 Å². The van der Waals surface area contributed by atoms with Crippen molar-refractivity contribution in [2.45, 2.75) is 6.04 Å². The molecule has 2 aromatic carbocycles. The predicted octanol–water partition coefficient (Wildman–Crippen LogP) is 3.15. The quantitative estimate of drug-likeness (QED) is 0.752. The maximum absolute atomic E-state index is 13.0. The van der Waals surface area contributed by atoms with E-state index in [1.807, 2.05) is 11.0 Å². The van der Waals surface area contributed by atoms with Crippen LogP contribution in [0.15, 0.2) is 48.5 Å². The fourth-order valence-corrected chi connectivity index (χ4v) is 3.48. The number of benzene rings is 2. The molecule has 0 saturated carbocycles. The number of carbonyl (C=O) groups is 2. The maximum Gasteiger partial charge on any atom is 0.327 e. The number of amides is 1. The number of ether oxygens (including phenoxy) is 1. The van der Waals surface area contributed by atoms with Gasteiger partial charge < -0.3 is 9.64 Å². The second-order valence-electron chi connectivity index (χ2n) is 6.28. The SMILES string of the molecule is COC(=O)[C@H](c1ccccc1Cl)N1CCN(C(=O)c2ccc(F)cc2)CC1. The van der Waals surface area contributed by atoms with Crippen LogP contribution in [-0.4, -0.2) is 55.0 Å². The summed E-state index contributed by atoms with van der Waals surface area (Å²) < 4.78 is 18.0. The van der Waals surface area contributed by atoms with E-state index in [9.17, 15) is 14.0 Å². The first-order valence-electron chi connectivity index (χ1n) is 8.62. The van der Waals surface area contributed by atoms with E-state index in [1.165, 1.54) is 31.4 Å². The molecule has 1 atom stereocenters. The number of halogens is 2. The molecule has 142 valence electrons. The Morgan fingerprint density at radius 2 is 1.67 bits per heavy atom. The smallest absolute Gasteiger partial charge is 0.327 e. The third-order valence-corrected chi connectivity index (χ3v) is 5.03. The molecule has 1 saturated heterocycles. The van der Waals surface area contributed by atoms with Gasteiger partial charge in [0.25, 0.3) is 5.91 Å². The van der Waals surface area contributed by atoms with Crippen molar-refractivity contribution >= 4 is 23.5 Å². The van der Waals surface area contributed by atoms with Gasteiger partial charge in [-0.2, -0.15) is 0 Å². The van der Waals surface area contributed by atoms with Gasteiger partial charge in [0, 0.05) is 36.8 Å². The van der Waals surface area contributed by atoms with Crippen LogP contribution in [0, 0.1) is 5.82 Å². The van der Waals surface area contributed by atoms with E-state index in [1.54, 1.807) is 23.1 Å². The topological polar surface area (TPSA) is 49.9 Å². The Morgan fingerprint density at radius 1 is 1.04 bits per heavy atom. The molecule has 1 amide bonds. The van der Waals surface area contributed by atoms with Crippen molar-refractivity contribution in [3.05, 3.63) is 70.5 Å². The molecule has 7 heteroatoms. The van der Waals surface area contributed by atoms with Crippen LogP contribution in [0.25, 0.3) is 0 Å². The molecule has 0 N–H and O–H groups in total. The van der Waals surface area contributed by atoms with E-state index in [0.717, 1.165) is 0 Å². The van der Waals surface area contributed by atoms with E-state index in [4.69, 9.17) is 16.3 Å². The molecule has 0 spiro atoms. The summed E-state index contributed by atoms with van der Waals surface area (Å²) in [5.41, 5.74) is 1.13. The zero-order valence-corrected chi connectivity index (χ0v) is 15.7. The number of hydrogen-bond donors (Lipinski definition) is 0. The average Bonchev–Trinajstić information content (AvgIpc) is 2.70. The molecule has 1 heterocycles. The summed E-state index contributed by atoms with van der Waals surface area (Å²) in [5.74, 6) is -0.916. The normalized spacial score (nSPS) is 16.0. The Bertz CT molecular complexity index is 820. The number of methoxy groups -OCH3 is 1. The minimum absolute atomic E-state index is 0.151. The van der Waals surface area contributed by atoms with Crippen molar-refractivity contribution < 1.29 is 18.7 Å². The summed E-state index contributed by atoms with van der Waals surface area (Å²) in [6.07, 6.45) is 0. The van der Waals surface area contributed by atoms with Gasteiger partial charge in [-0.25, -0.2) is 9.18 Å². The second kappa shape index (κ2) is 8.50. The largest absolute Gasteiger partial charge is 0.468 e. The third kappa shape index (κ3) is 4.28.